The van der Waals surface area contributed by atoms with Crippen LogP contribution in [0.15, 0.2) is 0 Å². The monoisotopic (exact) mass is 225 g/mol. The van der Waals surface area contributed by atoms with Crippen molar-refractivity contribution in [3.63, 3.8) is 0 Å². The smallest absolute Gasteiger partial charge is 0.240 e. The van der Waals surface area contributed by atoms with Gasteiger partial charge in [-0.05, 0) is 13.3 Å². The lowest BCUT2D eigenvalue weighted by Gasteiger charge is -2.18. The lowest BCUT2D eigenvalue weighted by Crippen LogP contribution is -2.39. The van der Waals surface area contributed by atoms with Gasteiger partial charge < -0.3 is 10.2 Å². The summed E-state index contributed by atoms with van der Waals surface area (Å²) in [6.45, 7) is 3.65. The minimum atomic E-state index is -0.999. The van der Waals surface area contributed by atoms with Gasteiger partial charge in [0.1, 0.15) is 5.41 Å². The molecule has 0 aromatic carbocycles. The van der Waals surface area contributed by atoms with Crippen LogP contribution in [-0.4, -0.2) is 37.4 Å². The fraction of sp³-hybridized carbons (Fsp3) is 0.727. The van der Waals surface area contributed by atoms with Crippen molar-refractivity contribution in [3.8, 4) is 6.07 Å². The van der Waals surface area contributed by atoms with Crippen molar-refractivity contribution in [2.45, 2.75) is 26.7 Å². The maximum Gasteiger partial charge on any atom is 0.240 e. The molecule has 0 aromatic heterocycles. The van der Waals surface area contributed by atoms with Crippen LogP contribution in [0.1, 0.15) is 26.7 Å². The molecule has 0 radical (unpaired) electrons. The molecule has 1 unspecified atom stereocenters. The van der Waals surface area contributed by atoms with Crippen LogP contribution in [0.5, 0.6) is 0 Å². The quantitative estimate of drug-likeness (QED) is 0.741. The molecule has 1 atom stereocenters. The van der Waals surface area contributed by atoms with E-state index in [0.717, 1.165) is 0 Å². The molecule has 0 aliphatic heterocycles. The first-order valence-electron chi connectivity index (χ1n) is 5.27. The van der Waals surface area contributed by atoms with E-state index in [0.29, 0.717) is 6.42 Å². The van der Waals surface area contributed by atoms with Crippen LogP contribution in [0, 0.1) is 16.7 Å². The van der Waals surface area contributed by atoms with Crippen molar-refractivity contribution < 1.29 is 9.59 Å². The summed E-state index contributed by atoms with van der Waals surface area (Å²) in [5.74, 6) is -0.362. The fourth-order valence-corrected chi connectivity index (χ4v) is 0.992. The predicted molar refractivity (Wildman–Crippen MR) is 60.3 cm³/mol. The summed E-state index contributed by atoms with van der Waals surface area (Å²) in [6.07, 6.45) is 0.709. The molecule has 2 amide bonds. The zero-order valence-corrected chi connectivity index (χ0v) is 10.3. The zero-order valence-electron chi connectivity index (χ0n) is 10.3. The molecule has 0 spiro atoms. The molecule has 5 heteroatoms. The molecule has 0 saturated heterocycles. The summed E-state index contributed by atoms with van der Waals surface area (Å²) in [4.78, 5) is 24.3. The van der Waals surface area contributed by atoms with E-state index in [1.54, 1.807) is 27.9 Å². The zero-order chi connectivity index (χ0) is 12.8. The number of carbonyl (C=O) groups excluding carboxylic acids is 2. The van der Waals surface area contributed by atoms with Crippen LogP contribution in [0.4, 0.5) is 0 Å². The van der Waals surface area contributed by atoms with Crippen LogP contribution in [0.25, 0.3) is 0 Å². The van der Waals surface area contributed by atoms with Gasteiger partial charge in [-0.15, -0.1) is 0 Å². The summed E-state index contributed by atoms with van der Waals surface area (Å²) in [5.41, 5.74) is -0.999. The van der Waals surface area contributed by atoms with E-state index in [2.05, 4.69) is 5.32 Å². The minimum absolute atomic E-state index is 0.0459. The number of rotatable bonds is 5. The number of nitrogens with one attached hydrogen (secondary N) is 1. The van der Waals surface area contributed by atoms with Gasteiger partial charge in [0.05, 0.1) is 6.07 Å². The van der Waals surface area contributed by atoms with Gasteiger partial charge >= 0.3 is 0 Å². The number of amides is 2. The third-order valence-electron chi connectivity index (χ3n) is 2.58. The van der Waals surface area contributed by atoms with E-state index < -0.39 is 5.41 Å². The standard InChI is InChI=1S/C11H19N3O2/c1-5-11(2,8-12)10(16)13-7-6-9(15)14(3)4/h5-7H2,1-4H3,(H,13,16). The van der Waals surface area contributed by atoms with Crippen LogP contribution in [-0.2, 0) is 9.59 Å². The van der Waals surface area contributed by atoms with Gasteiger partial charge in [0, 0.05) is 27.1 Å². The number of nitriles is 1. The van der Waals surface area contributed by atoms with Crippen molar-refractivity contribution in [1.82, 2.24) is 10.2 Å². The lowest BCUT2D eigenvalue weighted by molar-refractivity contribution is -0.129. The highest BCUT2D eigenvalue weighted by Crippen LogP contribution is 2.19. The maximum atomic E-state index is 11.6. The van der Waals surface area contributed by atoms with Gasteiger partial charge in [0.25, 0.3) is 0 Å². The van der Waals surface area contributed by atoms with Gasteiger partial charge in [0.2, 0.25) is 11.8 Å². The number of nitrogens with zero attached hydrogens (tertiary/aromatic N) is 2. The van der Waals surface area contributed by atoms with E-state index in [4.69, 9.17) is 5.26 Å². The van der Waals surface area contributed by atoms with Gasteiger partial charge in [-0.25, -0.2) is 0 Å². The third kappa shape index (κ3) is 3.89. The van der Waals surface area contributed by atoms with E-state index >= 15 is 0 Å². The fourth-order valence-electron chi connectivity index (χ4n) is 0.992. The number of carbonyl (C=O) groups is 2. The molecule has 0 bridgehead atoms. The Labute approximate surface area is 96.4 Å². The SMILES string of the molecule is CCC(C)(C#N)C(=O)NCCC(=O)N(C)C. The van der Waals surface area contributed by atoms with Crippen LogP contribution in [0.3, 0.4) is 0 Å². The molecule has 16 heavy (non-hydrogen) atoms. The first-order chi connectivity index (χ1) is 7.37. The van der Waals surface area contributed by atoms with Crippen LogP contribution in [0.2, 0.25) is 0 Å². The second kappa shape index (κ2) is 6.11. The summed E-state index contributed by atoms with van der Waals surface area (Å²) in [7, 11) is 3.32. The van der Waals surface area contributed by atoms with Crippen molar-refractivity contribution in [1.29, 1.82) is 5.26 Å². The Kier molecular flexibility index (Phi) is 5.51. The highest BCUT2D eigenvalue weighted by molar-refractivity contribution is 5.85. The van der Waals surface area contributed by atoms with Crippen LogP contribution < -0.4 is 5.32 Å². The minimum Gasteiger partial charge on any atom is -0.354 e. The van der Waals surface area contributed by atoms with E-state index in [1.165, 1.54) is 4.90 Å². The molecule has 0 heterocycles. The van der Waals surface area contributed by atoms with Gasteiger partial charge in [0.15, 0.2) is 0 Å². The average molecular weight is 225 g/mol. The lowest BCUT2D eigenvalue weighted by atomic mass is 9.88. The first kappa shape index (κ1) is 14.4. The van der Waals surface area contributed by atoms with E-state index in [9.17, 15) is 9.59 Å². The van der Waals surface area contributed by atoms with Crippen molar-refractivity contribution in [3.05, 3.63) is 0 Å². The largest absolute Gasteiger partial charge is 0.354 e. The second-order valence-corrected chi connectivity index (χ2v) is 4.09. The van der Waals surface area contributed by atoms with Gasteiger partial charge in [-0.3, -0.25) is 9.59 Å². The molecule has 0 aromatic rings. The van der Waals surface area contributed by atoms with E-state index in [-0.39, 0.29) is 24.8 Å². The Hall–Kier alpha value is -1.57. The third-order valence-corrected chi connectivity index (χ3v) is 2.58. The molecule has 0 rings (SSSR count). The molecule has 0 saturated carbocycles. The summed E-state index contributed by atoms with van der Waals surface area (Å²) in [5, 5.41) is 11.5. The van der Waals surface area contributed by atoms with Crippen molar-refractivity contribution in [2.24, 2.45) is 5.41 Å². The molecule has 0 aliphatic carbocycles. The number of hydrogen-bond donors (Lipinski definition) is 1. The summed E-state index contributed by atoms with van der Waals surface area (Å²) < 4.78 is 0. The highest BCUT2D eigenvalue weighted by atomic mass is 16.2. The summed E-state index contributed by atoms with van der Waals surface area (Å²) in [6, 6.07) is 1.98. The topological polar surface area (TPSA) is 73.2 Å². The Bertz CT molecular complexity index is 307. The van der Waals surface area contributed by atoms with Crippen molar-refractivity contribution in [2.75, 3.05) is 20.6 Å². The van der Waals surface area contributed by atoms with E-state index in [1.807, 2.05) is 6.07 Å². The molecule has 0 fully saturated rings. The molecular weight excluding hydrogens is 206 g/mol. The number of hydrogen-bond acceptors (Lipinski definition) is 3. The summed E-state index contributed by atoms with van der Waals surface area (Å²) >= 11 is 0. The Balaban J connectivity index is 4.10. The molecule has 0 aliphatic rings. The predicted octanol–water partition coefficient (Wildman–Crippen LogP) is 0.521. The normalized spacial score (nSPS) is 13.4. The molecule has 90 valence electrons. The van der Waals surface area contributed by atoms with Gasteiger partial charge in [-0.2, -0.15) is 5.26 Å². The Morgan fingerprint density at radius 1 is 1.44 bits per heavy atom. The first-order valence-corrected chi connectivity index (χ1v) is 5.27. The molecular formula is C11H19N3O2. The molecule has 5 nitrogen and oxygen atoms in total. The molecule has 1 N–H and O–H groups in total. The van der Waals surface area contributed by atoms with Gasteiger partial charge in [-0.1, -0.05) is 6.92 Å². The highest BCUT2D eigenvalue weighted by Gasteiger charge is 2.30. The van der Waals surface area contributed by atoms with Crippen molar-refractivity contribution >= 4 is 11.8 Å². The Morgan fingerprint density at radius 2 is 2.00 bits per heavy atom. The second-order valence-electron chi connectivity index (χ2n) is 4.09. The van der Waals surface area contributed by atoms with Crippen LogP contribution >= 0.6 is 0 Å². The average Bonchev–Trinajstić information content (AvgIpc) is 2.27. The Morgan fingerprint density at radius 3 is 2.38 bits per heavy atom. The maximum absolute atomic E-state index is 11.6.